The number of para-hydroxylation sites is 1. The van der Waals surface area contributed by atoms with Crippen molar-refractivity contribution in [2.75, 3.05) is 20.1 Å². The number of nitrogens with one attached hydrogen (secondary N) is 2. The van der Waals surface area contributed by atoms with Gasteiger partial charge in [-0.3, -0.25) is 4.99 Å². The number of aromatic nitrogens is 2. The number of halogens is 1. The zero-order valence-corrected chi connectivity index (χ0v) is 13.4. The smallest absolute Gasteiger partial charge is 0.191 e. The van der Waals surface area contributed by atoms with E-state index < -0.39 is 0 Å². The molecule has 0 aliphatic carbocycles. The standard InChI is InChI=1S/C16H22FN5O/c1-13(23-15-6-4-3-5-14(15)17)11-21-16(18-2)20-8-10-22-9-7-19-12-22/h3-7,9,12-13H,8,10-11H2,1-2H3,(H2,18,20,21). The molecule has 124 valence electrons. The SMILES string of the molecule is CN=C(NCCn1ccnc1)NCC(C)Oc1ccccc1F. The first-order valence-corrected chi connectivity index (χ1v) is 7.50. The number of hydrogen-bond acceptors (Lipinski definition) is 3. The van der Waals surface area contributed by atoms with Gasteiger partial charge in [0.05, 0.1) is 12.9 Å². The molecule has 0 bridgehead atoms. The second-order valence-corrected chi connectivity index (χ2v) is 5.04. The van der Waals surface area contributed by atoms with Crippen LogP contribution in [0.15, 0.2) is 48.0 Å². The van der Waals surface area contributed by atoms with E-state index in [1.54, 1.807) is 37.8 Å². The summed E-state index contributed by atoms with van der Waals surface area (Å²) in [7, 11) is 1.70. The highest BCUT2D eigenvalue weighted by Crippen LogP contribution is 2.16. The van der Waals surface area contributed by atoms with Crippen LogP contribution in [0.3, 0.4) is 0 Å². The Bertz CT molecular complexity index is 615. The molecular formula is C16H22FN5O. The van der Waals surface area contributed by atoms with Gasteiger partial charge in [0, 0.05) is 32.5 Å². The van der Waals surface area contributed by atoms with Crippen molar-refractivity contribution in [2.24, 2.45) is 4.99 Å². The van der Waals surface area contributed by atoms with Gasteiger partial charge < -0.3 is 19.9 Å². The largest absolute Gasteiger partial charge is 0.486 e. The van der Waals surface area contributed by atoms with Gasteiger partial charge in [-0.15, -0.1) is 0 Å². The quantitative estimate of drug-likeness (QED) is 0.602. The van der Waals surface area contributed by atoms with Crippen LogP contribution in [-0.4, -0.2) is 41.8 Å². The summed E-state index contributed by atoms with van der Waals surface area (Å²) in [5.74, 6) is 0.571. The van der Waals surface area contributed by atoms with Crippen molar-refractivity contribution in [2.45, 2.75) is 19.6 Å². The number of benzene rings is 1. The molecule has 0 aliphatic heterocycles. The summed E-state index contributed by atoms with van der Waals surface area (Å²) >= 11 is 0. The van der Waals surface area contributed by atoms with Crippen LogP contribution in [0.25, 0.3) is 0 Å². The van der Waals surface area contributed by atoms with Crippen molar-refractivity contribution in [3.63, 3.8) is 0 Å². The summed E-state index contributed by atoms with van der Waals surface area (Å²) in [5, 5.41) is 6.35. The van der Waals surface area contributed by atoms with Crippen LogP contribution in [-0.2, 0) is 6.54 Å². The van der Waals surface area contributed by atoms with Crippen molar-refractivity contribution in [3.05, 3.63) is 48.8 Å². The fraction of sp³-hybridized carbons (Fsp3) is 0.375. The normalized spacial score (nSPS) is 12.7. The van der Waals surface area contributed by atoms with Gasteiger partial charge in [-0.05, 0) is 19.1 Å². The second kappa shape index (κ2) is 8.77. The number of aliphatic imine (C=N–C) groups is 1. The zero-order valence-electron chi connectivity index (χ0n) is 13.4. The third-order valence-corrected chi connectivity index (χ3v) is 3.17. The van der Waals surface area contributed by atoms with E-state index >= 15 is 0 Å². The molecule has 2 rings (SSSR count). The van der Waals surface area contributed by atoms with Gasteiger partial charge in [0.1, 0.15) is 6.10 Å². The van der Waals surface area contributed by atoms with Crippen LogP contribution >= 0.6 is 0 Å². The van der Waals surface area contributed by atoms with E-state index in [1.165, 1.54) is 6.07 Å². The first kappa shape index (κ1) is 16.8. The van der Waals surface area contributed by atoms with E-state index in [0.29, 0.717) is 12.5 Å². The molecule has 0 saturated carbocycles. The van der Waals surface area contributed by atoms with Gasteiger partial charge in [0.2, 0.25) is 0 Å². The average Bonchev–Trinajstić information content (AvgIpc) is 3.06. The van der Waals surface area contributed by atoms with Gasteiger partial charge in [0.25, 0.3) is 0 Å². The Morgan fingerprint density at radius 3 is 2.91 bits per heavy atom. The molecule has 2 aromatic rings. The molecule has 7 heteroatoms. The fourth-order valence-corrected chi connectivity index (χ4v) is 1.98. The van der Waals surface area contributed by atoms with Crippen LogP contribution < -0.4 is 15.4 Å². The van der Waals surface area contributed by atoms with Gasteiger partial charge in [0.15, 0.2) is 17.5 Å². The van der Waals surface area contributed by atoms with Crippen molar-refractivity contribution in [1.29, 1.82) is 0 Å². The number of imidazole rings is 1. The molecule has 1 unspecified atom stereocenters. The van der Waals surface area contributed by atoms with Crippen LogP contribution in [0, 0.1) is 5.82 Å². The molecule has 6 nitrogen and oxygen atoms in total. The third kappa shape index (κ3) is 5.61. The molecule has 2 N–H and O–H groups in total. The summed E-state index contributed by atoms with van der Waals surface area (Å²) in [4.78, 5) is 8.13. The minimum absolute atomic E-state index is 0.195. The number of ether oxygens (including phenoxy) is 1. The Morgan fingerprint density at radius 1 is 1.39 bits per heavy atom. The minimum atomic E-state index is -0.359. The van der Waals surface area contributed by atoms with Crippen LogP contribution in [0.5, 0.6) is 5.75 Å². The minimum Gasteiger partial charge on any atom is -0.486 e. The predicted molar refractivity (Wildman–Crippen MR) is 88.1 cm³/mol. The molecule has 1 heterocycles. The molecule has 1 aromatic heterocycles. The maximum atomic E-state index is 13.5. The van der Waals surface area contributed by atoms with Gasteiger partial charge in [-0.1, -0.05) is 12.1 Å². The molecule has 1 atom stereocenters. The maximum Gasteiger partial charge on any atom is 0.191 e. The number of guanidine groups is 1. The topological polar surface area (TPSA) is 63.5 Å². The van der Waals surface area contributed by atoms with E-state index in [2.05, 4.69) is 20.6 Å². The van der Waals surface area contributed by atoms with E-state index in [-0.39, 0.29) is 17.7 Å². The molecule has 1 aromatic carbocycles. The second-order valence-electron chi connectivity index (χ2n) is 5.04. The molecular weight excluding hydrogens is 297 g/mol. The third-order valence-electron chi connectivity index (χ3n) is 3.17. The number of nitrogens with zero attached hydrogens (tertiary/aromatic N) is 3. The summed E-state index contributed by atoms with van der Waals surface area (Å²) in [6, 6.07) is 6.38. The molecule has 0 fully saturated rings. The van der Waals surface area contributed by atoms with Gasteiger partial charge in [-0.2, -0.15) is 0 Å². The molecule has 23 heavy (non-hydrogen) atoms. The fourth-order valence-electron chi connectivity index (χ4n) is 1.98. The summed E-state index contributed by atoms with van der Waals surface area (Å²) in [5.41, 5.74) is 0. The van der Waals surface area contributed by atoms with Crippen molar-refractivity contribution in [1.82, 2.24) is 20.2 Å². The monoisotopic (exact) mass is 319 g/mol. The van der Waals surface area contributed by atoms with Crippen LogP contribution in [0.2, 0.25) is 0 Å². The van der Waals surface area contributed by atoms with E-state index in [9.17, 15) is 4.39 Å². The van der Waals surface area contributed by atoms with Gasteiger partial charge in [-0.25, -0.2) is 9.37 Å². The highest BCUT2D eigenvalue weighted by atomic mass is 19.1. The first-order valence-electron chi connectivity index (χ1n) is 7.50. The lowest BCUT2D eigenvalue weighted by Gasteiger charge is -2.18. The average molecular weight is 319 g/mol. The summed E-state index contributed by atoms with van der Waals surface area (Å²) in [6.45, 7) is 3.90. The Hall–Kier alpha value is -2.57. The zero-order chi connectivity index (χ0) is 16.5. The number of hydrogen-bond donors (Lipinski definition) is 2. The predicted octanol–water partition coefficient (Wildman–Crippen LogP) is 1.65. The summed E-state index contributed by atoms with van der Waals surface area (Å²) in [6.07, 6.45) is 5.22. The first-order chi connectivity index (χ1) is 11.2. The molecule has 0 saturated heterocycles. The Morgan fingerprint density at radius 2 is 2.22 bits per heavy atom. The highest BCUT2D eigenvalue weighted by Gasteiger charge is 2.08. The van der Waals surface area contributed by atoms with E-state index in [4.69, 9.17) is 4.74 Å². The number of rotatable bonds is 7. The molecule has 0 radical (unpaired) electrons. The lowest BCUT2D eigenvalue weighted by atomic mass is 10.3. The lowest BCUT2D eigenvalue weighted by molar-refractivity contribution is 0.214. The Balaban J connectivity index is 1.71. The highest BCUT2D eigenvalue weighted by molar-refractivity contribution is 5.79. The van der Waals surface area contributed by atoms with Crippen LogP contribution in [0.1, 0.15) is 6.92 Å². The molecule has 0 amide bonds. The van der Waals surface area contributed by atoms with Crippen molar-refractivity contribution >= 4 is 5.96 Å². The molecule has 0 aliphatic rings. The van der Waals surface area contributed by atoms with Gasteiger partial charge >= 0.3 is 0 Å². The van der Waals surface area contributed by atoms with E-state index in [0.717, 1.165) is 13.1 Å². The Kier molecular flexibility index (Phi) is 6.40. The lowest BCUT2D eigenvalue weighted by Crippen LogP contribution is -2.42. The Labute approximate surface area is 135 Å². The van der Waals surface area contributed by atoms with Crippen molar-refractivity contribution < 1.29 is 9.13 Å². The summed E-state index contributed by atoms with van der Waals surface area (Å²) < 4.78 is 21.1. The maximum absolute atomic E-state index is 13.5. The molecule has 0 spiro atoms. The van der Waals surface area contributed by atoms with Crippen molar-refractivity contribution in [3.8, 4) is 5.75 Å². The van der Waals surface area contributed by atoms with Crippen LogP contribution in [0.4, 0.5) is 4.39 Å². The van der Waals surface area contributed by atoms with E-state index in [1.807, 2.05) is 17.7 Å².